The highest BCUT2D eigenvalue weighted by Gasteiger charge is 2.29. The summed E-state index contributed by atoms with van der Waals surface area (Å²) in [5, 5.41) is 0. The van der Waals surface area contributed by atoms with Crippen molar-refractivity contribution in [2.24, 2.45) is 11.7 Å². The maximum Gasteiger partial charge on any atom is 0.222 e. The first-order chi connectivity index (χ1) is 9.11. The summed E-state index contributed by atoms with van der Waals surface area (Å²) < 4.78 is 5.27. The number of hydrogen-bond donors (Lipinski definition) is 1. The van der Waals surface area contributed by atoms with Crippen LogP contribution in [0, 0.1) is 5.92 Å². The molecule has 2 amide bonds. The zero-order valence-corrected chi connectivity index (χ0v) is 11.0. The standard InChI is InChI=1S/C14H18N2O3/c1-19-12-5-3-2-4-10(12)8-16-9-11(14(15)18)6-7-13(16)17/h2-5,11H,6-9H2,1H3,(H2,15,18)/t11-/m0/s1. The number of carbonyl (C=O) groups excluding carboxylic acids is 2. The molecular weight excluding hydrogens is 244 g/mol. The zero-order valence-electron chi connectivity index (χ0n) is 11.0. The SMILES string of the molecule is COc1ccccc1CN1C[C@@H](C(N)=O)CCC1=O. The maximum absolute atomic E-state index is 11.9. The lowest BCUT2D eigenvalue weighted by molar-refractivity contribution is -0.138. The fourth-order valence-corrected chi connectivity index (χ4v) is 2.34. The van der Waals surface area contributed by atoms with Gasteiger partial charge in [-0.05, 0) is 12.5 Å². The van der Waals surface area contributed by atoms with Gasteiger partial charge in [0.1, 0.15) is 5.75 Å². The van der Waals surface area contributed by atoms with Gasteiger partial charge in [-0.3, -0.25) is 9.59 Å². The van der Waals surface area contributed by atoms with Crippen molar-refractivity contribution in [3.63, 3.8) is 0 Å². The van der Waals surface area contributed by atoms with Gasteiger partial charge in [-0.1, -0.05) is 18.2 Å². The maximum atomic E-state index is 11.9. The van der Waals surface area contributed by atoms with Crippen LogP contribution in [-0.4, -0.2) is 30.4 Å². The average molecular weight is 262 g/mol. The van der Waals surface area contributed by atoms with E-state index in [1.54, 1.807) is 12.0 Å². The lowest BCUT2D eigenvalue weighted by atomic mass is 9.96. The Balaban J connectivity index is 2.12. The highest BCUT2D eigenvalue weighted by atomic mass is 16.5. The molecule has 2 rings (SSSR count). The summed E-state index contributed by atoms with van der Waals surface area (Å²) >= 11 is 0. The molecule has 1 aliphatic heterocycles. The predicted octanol–water partition coefficient (Wildman–Crippen LogP) is 0.919. The van der Waals surface area contributed by atoms with Crippen LogP contribution in [0.1, 0.15) is 18.4 Å². The third-order valence-electron chi connectivity index (χ3n) is 3.46. The normalized spacial score (nSPS) is 19.3. The quantitative estimate of drug-likeness (QED) is 0.877. The van der Waals surface area contributed by atoms with Crippen LogP contribution in [0.4, 0.5) is 0 Å². The van der Waals surface area contributed by atoms with Crippen molar-refractivity contribution >= 4 is 11.8 Å². The van der Waals surface area contributed by atoms with Gasteiger partial charge in [0.25, 0.3) is 0 Å². The molecule has 1 heterocycles. The highest BCUT2D eigenvalue weighted by Crippen LogP contribution is 2.23. The first kappa shape index (κ1) is 13.4. The van der Waals surface area contributed by atoms with Gasteiger partial charge in [0, 0.05) is 25.1 Å². The van der Waals surface area contributed by atoms with Gasteiger partial charge in [-0.2, -0.15) is 0 Å². The molecule has 0 aliphatic carbocycles. The summed E-state index contributed by atoms with van der Waals surface area (Å²) in [6.07, 6.45) is 0.930. The summed E-state index contributed by atoms with van der Waals surface area (Å²) in [6.45, 7) is 0.846. The second-order valence-corrected chi connectivity index (χ2v) is 4.72. The molecule has 0 radical (unpaired) electrons. The number of likely N-dealkylation sites (tertiary alicyclic amines) is 1. The molecule has 102 valence electrons. The lowest BCUT2D eigenvalue weighted by Crippen LogP contribution is -2.43. The molecule has 1 fully saturated rings. The Morgan fingerprint density at radius 3 is 2.89 bits per heavy atom. The van der Waals surface area contributed by atoms with Crippen LogP contribution in [-0.2, 0) is 16.1 Å². The fourth-order valence-electron chi connectivity index (χ4n) is 2.34. The predicted molar refractivity (Wildman–Crippen MR) is 70.3 cm³/mol. The van der Waals surface area contributed by atoms with Crippen LogP contribution >= 0.6 is 0 Å². The zero-order chi connectivity index (χ0) is 13.8. The van der Waals surface area contributed by atoms with Crippen molar-refractivity contribution in [1.29, 1.82) is 0 Å². The number of rotatable bonds is 4. The van der Waals surface area contributed by atoms with Gasteiger partial charge < -0.3 is 15.4 Å². The molecule has 5 nitrogen and oxygen atoms in total. The lowest BCUT2D eigenvalue weighted by Gasteiger charge is -2.31. The Bertz CT molecular complexity index is 487. The van der Waals surface area contributed by atoms with Crippen molar-refractivity contribution < 1.29 is 14.3 Å². The number of nitrogens with two attached hydrogens (primary N) is 1. The van der Waals surface area contributed by atoms with Crippen LogP contribution < -0.4 is 10.5 Å². The van der Waals surface area contributed by atoms with Gasteiger partial charge in [-0.25, -0.2) is 0 Å². The third kappa shape index (κ3) is 3.05. The average Bonchev–Trinajstić information content (AvgIpc) is 2.41. The van der Waals surface area contributed by atoms with Gasteiger partial charge in [0.05, 0.1) is 13.0 Å². The Morgan fingerprint density at radius 1 is 1.47 bits per heavy atom. The molecule has 0 aromatic heterocycles. The van der Waals surface area contributed by atoms with E-state index in [4.69, 9.17) is 10.5 Å². The van der Waals surface area contributed by atoms with Gasteiger partial charge >= 0.3 is 0 Å². The number of para-hydroxylation sites is 1. The van der Waals surface area contributed by atoms with Crippen LogP contribution in [0.3, 0.4) is 0 Å². The number of amides is 2. The number of carbonyl (C=O) groups is 2. The summed E-state index contributed by atoms with van der Waals surface area (Å²) in [5.74, 6) is 0.227. The van der Waals surface area contributed by atoms with E-state index in [0.29, 0.717) is 25.9 Å². The van der Waals surface area contributed by atoms with Crippen molar-refractivity contribution in [3.8, 4) is 5.75 Å². The van der Waals surface area contributed by atoms with E-state index in [2.05, 4.69) is 0 Å². The molecule has 1 aromatic rings. The molecule has 1 aliphatic rings. The minimum absolute atomic E-state index is 0.0587. The first-order valence-electron chi connectivity index (χ1n) is 6.30. The van der Waals surface area contributed by atoms with E-state index in [9.17, 15) is 9.59 Å². The Morgan fingerprint density at radius 2 is 2.21 bits per heavy atom. The van der Waals surface area contributed by atoms with E-state index >= 15 is 0 Å². The molecule has 1 atom stereocenters. The Kier molecular flexibility index (Phi) is 4.04. The van der Waals surface area contributed by atoms with E-state index in [1.165, 1.54) is 0 Å². The van der Waals surface area contributed by atoms with Crippen LogP contribution in [0.15, 0.2) is 24.3 Å². The number of primary amides is 1. The number of piperidine rings is 1. The molecular formula is C14H18N2O3. The fraction of sp³-hybridized carbons (Fsp3) is 0.429. The van der Waals surface area contributed by atoms with E-state index < -0.39 is 0 Å². The Hall–Kier alpha value is -2.04. The van der Waals surface area contributed by atoms with Gasteiger partial charge in [0.15, 0.2) is 0 Å². The van der Waals surface area contributed by atoms with Gasteiger partial charge in [0.2, 0.25) is 11.8 Å². The monoisotopic (exact) mass is 262 g/mol. The highest BCUT2D eigenvalue weighted by molar-refractivity contribution is 5.82. The van der Waals surface area contributed by atoms with Crippen molar-refractivity contribution in [3.05, 3.63) is 29.8 Å². The molecule has 0 saturated carbocycles. The van der Waals surface area contributed by atoms with Crippen LogP contribution in [0.25, 0.3) is 0 Å². The summed E-state index contributed by atoms with van der Waals surface area (Å²) in [5.41, 5.74) is 6.26. The smallest absolute Gasteiger partial charge is 0.222 e. The van der Waals surface area contributed by atoms with E-state index in [-0.39, 0.29) is 17.7 Å². The van der Waals surface area contributed by atoms with E-state index in [0.717, 1.165) is 11.3 Å². The summed E-state index contributed by atoms with van der Waals surface area (Å²) in [7, 11) is 1.60. The molecule has 5 heteroatoms. The van der Waals surface area contributed by atoms with Crippen LogP contribution in [0.2, 0.25) is 0 Å². The van der Waals surface area contributed by atoms with Gasteiger partial charge in [-0.15, -0.1) is 0 Å². The minimum atomic E-state index is -0.336. The molecule has 19 heavy (non-hydrogen) atoms. The Labute approximate surface area is 112 Å². The third-order valence-corrected chi connectivity index (χ3v) is 3.46. The molecule has 0 unspecified atom stereocenters. The molecule has 2 N–H and O–H groups in total. The number of nitrogens with zero attached hydrogens (tertiary/aromatic N) is 1. The number of hydrogen-bond acceptors (Lipinski definition) is 3. The van der Waals surface area contributed by atoms with Crippen LogP contribution in [0.5, 0.6) is 5.75 Å². The number of benzene rings is 1. The molecule has 0 spiro atoms. The topological polar surface area (TPSA) is 72.6 Å². The minimum Gasteiger partial charge on any atom is -0.496 e. The first-order valence-corrected chi connectivity index (χ1v) is 6.30. The molecule has 0 bridgehead atoms. The van der Waals surface area contributed by atoms with Crippen molar-refractivity contribution in [2.75, 3.05) is 13.7 Å². The number of methoxy groups -OCH3 is 1. The largest absolute Gasteiger partial charge is 0.496 e. The van der Waals surface area contributed by atoms with E-state index in [1.807, 2.05) is 24.3 Å². The van der Waals surface area contributed by atoms with Crippen molar-refractivity contribution in [2.45, 2.75) is 19.4 Å². The number of ether oxygens (including phenoxy) is 1. The summed E-state index contributed by atoms with van der Waals surface area (Å²) in [6, 6.07) is 7.56. The second kappa shape index (κ2) is 5.73. The molecule has 1 saturated heterocycles. The second-order valence-electron chi connectivity index (χ2n) is 4.72. The molecule has 1 aromatic carbocycles. The summed E-state index contributed by atoms with van der Waals surface area (Å²) in [4.78, 5) is 24.8. The van der Waals surface area contributed by atoms with Crippen molar-refractivity contribution in [1.82, 2.24) is 4.90 Å².